The lowest BCUT2D eigenvalue weighted by Crippen LogP contribution is -2.47. The van der Waals surface area contributed by atoms with Crippen LogP contribution in [0.1, 0.15) is 133 Å². The number of esters is 1. The van der Waals surface area contributed by atoms with Crippen LogP contribution in [0.5, 0.6) is 0 Å². The van der Waals surface area contributed by atoms with E-state index < -0.39 is 23.4 Å². The Morgan fingerprint density at radius 1 is 0.700 bits per heavy atom. The molecule has 0 heterocycles. The Morgan fingerprint density at radius 3 is 1.54 bits per heavy atom. The van der Waals surface area contributed by atoms with Crippen molar-refractivity contribution in [2.75, 3.05) is 31.7 Å². The van der Waals surface area contributed by atoms with Crippen molar-refractivity contribution in [3.05, 3.63) is 72.9 Å². The molecule has 0 radical (unpaired) electrons. The third-order valence-electron chi connectivity index (χ3n) is 6.46. The second-order valence-electron chi connectivity index (χ2n) is 11.4. The molecule has 0 fully saturated rings. The summed E-state index contributed by atoms with van der Waals surface area (Å²) in [6.07, 6.45) is 35.6. The van der Waals surface area contributed by atoms with E-state index in [0.29, 0.717) is 6.54 Å². The summed E-state index contributed by atoms with van der Waals surface area (Å²) in [6.45, 7) is 18.5. The maximum atomic E-state index is 12.3. The molecule has 3 N–H and O–H groups in total. The first-order valence-corrected chi connectivity index (χ1v) is 20.3. The number of nitrogens with one attached hydrogen (secondary N) is 2. The minimum Gasteiger partial charge on any atom is -0.465 e. The number of hydrogen-bond acceptors (Lipinski definition) is 6. The number of allylic oxidation sites excluding steroid dienone is 11. The van der Waals surface area contributed by atoms with Crippen molar-refractivity contribution in [3.63, 3.8) is 0 Å². The number of aliphatic hydroxyl groups is 1. The molecule has 0 saturated heterocycles. The molecule has 7 nitrogen and oxygen atoms in total. The van der Waals surface area contributed by atoms with Crippen molar-refractivity contribution in [1.29, 1.82) is 0 Å². The Labute approximate surface area is 312 Å². The average molecular weight is 721 g/mol. The lowest BCUT2D eigenvalue weighted by Gasteiger charge is -2.28. The van der Waals surface area contributed by atoms with Gasteiger partial charge in [0, 0.05) is 30.7 Å². The standard InChI is InChI=1S/C33H52N2O5S.C5H12.2C2H6/c1-5-6-7-8-9-10-11-12-13-14-15-16-17-18-19-20-21-22-23-30(37)40-28-33(2,3)31(38)32(39)35-25-24-29(36)34-26-27-41-4;1-3-5-4-2;2*1-2/h6-7,9-10,12-13,15-16,18-19,21-22,31,38H,5,8,11,14,17,20,23-28H2,1-4H3,(H,34,36)(H,35,39);3-5H2,1-2H3;2*1-2H3/b7-6-,10-9-,13-12-,16-15-,19-18-,22-21-;;;/t31-;;;/m0.../s1. The number of hydrogen-bond donors (Lipinski definition) is 3. The summed E-state index contributed by atoms with van der Waals surface area (Å²) < 4.78 is 5.27. The van der Waals surface area contributed by atoms with E-state index >= 15 is 0 Å². The molecular weight excluding hydrogens is 645 g/mol. The molecule has 1 atom stereocenters. The fraction of sp³-hybridized carbons (Fsp3) is 0.643. The largest absolute Gasteiger partial charge is 0.465 e. The third kappa shape index (κ3) is 41.3. The number of thioether (sulfide) groups is 1. The summed E-state index contributed by atoms with van der Waals surface area (Å²) in [5.74, 6) is -0.354. The van der Waals surface area contributed by atoms with Crippen LogP contribution in [-0.2, 0) is 19.1 Å². The van der Waals surface area contributed by atoms with E-state index in [1.165, 1.54) is 19.3 Å². The number of aliphatic hydroxyl groups excluding tert-OH is 1. The smallest absolute Gasteiger partial charge is 0.309 e. The van der Waals surface area contributed by atoms with Gasteiger partial charge in [0.25, 0.3) is 0 Å². The van der Waals surface area contributed by atoms with Gasteiger partial charge in [-0.25, -0.2) is 0 Å². The van der Waals surface area contributed by atoms with Gasteiger partial charge in [-0.3, -0.25) is 14.4 Å². The van der Waals surface area contributed by atoms with Gasteiger partial charge in [0.1, 0.15) is 6.10 Å². The van der Waals surface area contributed by atoms with Gasteiger partial charge in [0.2, 0.25) is 11.8 Å². The first kappa shape index (κ1) is 53.9. The topological polar surface area (TPSA) is 105 Å². The molecule has 0 aliphatic rings. The fourth-order valence-electron chi connectivity index (χ4n) is 3.59. The number of rotatable bonds is 25. The Kier molecular flexibility index (Phi) is 47.7. The highest BCUT2D eigenvalue weighted by Crippen LogP contribution is 2.21. The van der Waals surface area contributed by atoms with E-state index in [4.69, 9.17) is 4.74 Å². The molecule has 8 heteroatoms. The van der Waals surface area contributed by atoms with E-state index in [0.717, 1.165) is 44.3 Å². The minimum atomic E-state index is -1.37. The molecule has 0 spiro atoms. The van der Waals surface area contributed by atoms with Gasteiger partial charge in [-0.05, 0) is 44.8 Å². The SMILES string of the molecule is CC.CC.CC/C=C\C/C=C\C/C=C\C/C=C\C/C=C\C/C=C\CC(=O)OCC(C)(C)[C@@H](O)C(=O)NCCC(=O)NCCSC.CCCCC. The highest BCUT2D eigenvalue weighted by atomic mass is 32.2. The number of unbranched alkanes of at least 4 members (excludes halogenated alkanes) is 2. The van der Waals surface area contributed by atoms with Crippen LogP contribution in [0, 0.1) is 5.41 Å². The third-order valence-corrected chi connectivity index (χ3v) is 7.07. The van der Waals surface area contributed by atoms with Crippen molar-refractivity contribution in [2.45, 2.75) is 139 Å². The first-order valence-electron chi connectivity index (χ1n) is 18.9. The van der Waals surface area contributed by atoms with Crippen LogP contribution < -0.4 is 10.6 Å². The second kappa shape index (κ2) is 44.2. The van der Waals surface area contributed by atoms with E-state index in [1.807, 2.05) is 46.1 Å². The van der Waals surface area contributed by atoms with E-state index in [9.17, 15) is 19.5 Å². The molecule has 0 unspecified atom stereocenters. The van der Waals surface area contributed by atoms with Crippen molar-refractivity contribution >= 4 is 29.5 Å². The molecule has 0 aliphatic carbocycles. The first-order chi connectivity index (χ1) is 24.2. The van der Waals surface area contributed by atoms with Crippen LogP contribution in [0.2, 0.25) is 0 Å². The molecule has 0 saturated carbocycles. The summed E-state index contributed by atoms with van der Waals surface area (Å²) >= 11 is 1.63. The van der Waals surface area contributed by atoms with Crippen molar-refractivity contribution in [1.82, 2.24) is 10.6 Å². The van der Waals surface area contributed by atoms with Crippen molar-refractivity contribution in [3.8, 4) is 0 Å². The average Bonchev–Trinajstić information content (AvgIpc) is 3.12. The Balaban J connectivity index is -0.00000105. The van der Waals surface area contributed by atoms with E-state index in [1.54, 1.807) is 31.7 Å². The molecule has 0 aromatic heterocycles. The van der Waals surface area contributed by atoms with Crippen LogP contribution in [0.25, 0.3) is 0 Å². The van der Waals surface area contributed by atoms with Crippen LogP contribution in [0.4, 0.5) is 0 Å². The molecule has 0 aromatic rings. The van der Waals surface area contributed by atoms with Crippen molar-refractivity contribution in [2.24, 2.45) is 5.41 Å². The maximum Gasteiger partial charge on any atom is 0.309 e. The lowest BCUT2D eigenvalue weighted by atomic mass is 9.87. The van der Waals surface area contributed by atoms with Gasteiger partial charge in [-0.1, -0.05) is 154 Å². The normalized spacial score (nSPS) is 12.1. The van der Waals surface area contributed by atoms with Gasteiger partial charge in [-0.15, -0.1) is 0 Å². The quantitative estimate of drug-likeness (QED) is 0.0493. The summed E-state index contributed by atoms with van der Waals surface area (Å²) in [6, 6.07) is 0. The lowest BCUT2D eigenvalue weighted by molar-refractivity contribution is -0.152. The minimum absolute atomic E-state index is 0.0990. The fourth-order valence-corrected chi connectivity index (χ4v) is 3.90. The molecule has 2 amide bonds. The molecule has 0 rings (SSSR count). The molecule has 0 bridgehead atoms. The number of carbonyl (C=O) groups is 3. The van der Waals surface area contributed by atoms with Crippen LogP contribution in [0.3, 0.4) is 0 Å². The van der Waals surface area contributed by atoms with Gasteiger partial charge < -0.3 is 20.5 Å². The van der Waals surface area contributed by atoms with Gasteiger partial charge in [0.05, 0.1) is 13.0 Å². The predicted octanol–water partition coefficient (Wildman–Crippen LogP) is 10.2. The highest BCUT2D eigenvalue weighted by Gasteiger charge is 2.34. The number of carbonyl (C=O) groups excluding carboxylic acids is 3. The van der Waals surface area contributed by atoms with E-state index in [-0.39, 0.29) is 31.9 Å². The molecular formula is C42H76N2O5S. The summed E-state index contributed by atoms with van der Waals surface area (Å²) in [7, 11) is 0. The van der Waals surface area contributed by atoms with Gasteiger partial charge in [-0.2, -0.15) is 11.8 Å². The molecule has 0 aromatic carbocycles. The monoisotopic (exact) mass is 721 g/mol. The summed E-state index contributed by atoms with van der Waals surface area (Å²) in [5.41, 5.74) is -0.973. The zero-order valence-corrected chi connectivity index (χ0v) is 34.4. The van der Waals surface area contributed by atoms with Gasteiger partial charge >= 0.3 is 5.97 Å². The Hall–Kier alpha value is -2.84. The second-order valence-corrected chi connectivity index (χ2v) is 12.4. The Bertz CT molecular complexity index is 950. The van der Waals surface area contributed by atoms with Crippen LogP contribution in [-0.4, -0.2) is 60.7 Å². The molecule has 0 aliphatic heterocycles. The summed E-state index contributed by atoms with van der Waals surface area (Å²) in [5, 5.41) is 15.7. The summed E-state index contributed by atoms with van der Waals surface area (Å²) in [4.78, 5) is 36.0. The van der Waals surface area contributed by atoms with Gasteiger partial charge in [0.15, 0.2) is 0 Å². The zero-order valence-electron chi connectivity index (χ0n) is 33.6. The van der Waals surface area contributed by atoms with Crippen molar-refractivity contribution < 1.29 is 24.2 Å². The predicted molar refractivity (Wildman–Crippen MR) is 220 cm³/mol. The van der Waals surface area contributed by atoms with Crippen LogP contribution >= 0.6 is 11.8 Å². The van der Waals surface area contributed by atoms with Crippen LogP contribution in [0.15, 0.2) is 72.9 Å². The molecule has 50 heavy (non-hydrogen) atoms. The zero-order chi connectivity index (χ0) is 38.7. The molecule has 290 valence electrons. The number of ether oxygens (including phenoxy) is 1. The number of amides is 2. The maximum absolute atomic E-state index is 12.3. The highest BCUT2D eigenvalue weighted by molar-refractivity contribution is 7.98. The van der Waals surface area contributed by atoms with E-state index in [2.05, 4.69) is 86.1 Å². The Morgan fingerprint density at radius 2 is 1.14 bits per heavy atom.